The Morgan fingerprint density at radius 1 is 1.15 bits per heavy atom. The lowest BCUT2D eigenvalue weighted by Gasteiger charge is -2.35. The number of carbonyl (C=O) groups excluding carboxylic acids is 1. The normalized spacial score (nSPS) is 17.3. The highest BCUT2D eigenvalue weighted by atomic mass is 32.1. The molecular formula is C21H21N3OS. The molecule has 4 rings (SSSR count). The van der Waals surface area contributed by atoms with Crippen molar-refractivity contribution in [3.8, 4) is 10.6 Å². The Morgan fingerprint density at radius 3 is 2.77 bits per heavy atom. The fourth-order valence-electron chi connectivity index (χ4n) is 3.52. The van der Waals surface area contributed by atoms with Crippen LogP contribution in [0.2, 0.25) is 0 Å². The van der Waals surface area contributed by atoms with Gasteiger partial charge in [-0.3, -0.25) is 9.78 Å². The van der Waals surface area contributed by atoms with Crippen LogP contribution in [-0.2, 0) is 0 Å². The van der Waals surface area contributed by atoms with Crippen molar-refractivity contribution in [3.63, 3.8) is 0 Å². The van der Waals surface area contributed by atoms with Crippen LogP contribution < -0.4 is 0 Å². The zero-order valence-electron chi connectivity index (χ0n) is 14.8. The maximum atomic E-state index is 13.3. The maximum absolute atomic E-state index is 13.3. The summed E-state index contributed by atoms with van der Waals surface area (Å²) in [6.45, 7) is 2.72. The van der Waals surface area contributed by atoms with Crippen LogP contribution in [0.1, 0.15) is 46.2 Å². The molecule has 4 nitrogen and oxygen atoms in total. The number of aromatic nitrogens is 2. The highest BCUT2D eigenvalue weighted by Crippen LogP contribution is 2.35. The molecule has 132 valence electrons. The van der Waals surface area contributed by atoms with E-state index >= 15 is 0 Å². The van der Waals surface area contributed by atoms with Gasteiger partial charge in [0.15, 0.2) is 0 Å². The van der Waals surface area contributed by atoms with Crippen molar-refractivity contribution in [2.75, 3.05) is 6.54 Å². The first-order valence-corrected chi connectivity index (χ1v) is 9.79. The van der Waals surface area contributed by atoms with Gasteiger partial charge < -0.3 is 4.90 Å². The molecule has 0 N–H and O–H groups in total. The van der Waals surface area contributed by atoms with Crippen LogP contribution >= 0.6 is 11.3 Å². The van der Waals surface area contributed by atoms with E-state index in [9.17, 15) is 4.79 Å². The molecule has 1 fully saturated rings. The first-order valence-electron chi connectivity index (χ1n) is 8.98. The summed E-state index contributed by atoms with van der Waals surface area (Å²) in [6, 6.07) is 14.2. The second-order valence-corrected chi connectivity index (χ2v) is 7.60. The molecule has 26 heavy (non-hydrogen) atoms. The predicted octanol–water partition coefficient (Wildman–Crippen LogP) is 4.88. The predicted molar refractivity (Wildman–Crippen MR) is 104 cm³/mol. The van der Waals surface area contributed by atoms with Gasteiger partial charge in [0.05, 0.1) is 11.7 Å². The molecule has 3 heterocycles. The maximum Gasteiger partial charge on any atom is 0.266 e. The van der Waals surface area contributed by atoms with E-state index in [0.717, 1.165) is 52.5 Å². The van der Waals surface area contributed by atoms with Crippen LogP contribution in [0.25, 0.3) is 10.6 Å². The minimum Gasteiger partial charge on any atom is -0.331 e. The molecule has 0 bridgehead atoms. The van der Waals surface area contributed by atoms with Gasteiger partial charge in [-0.1, -0.05) is 36.4 Å². The van der Waals surface area contributed by atoms with Crippen LogP contribution in [0, 0.1) is 6.92 Å². The van der Waals surface area contributed by atoms with E-state index < -0.39 is 0 Å². The van der Waals surface area contributed by atoms with Crippen molar-refractivity contribution < 1.29 is 4.79 Å². The van der Waals surface area contributed by atoms with Gasteiger partial charge in [0, 0.05) is 24.5 Å². The standard InChI is InChI=1S/C21H21N3OS/c1-15-19(26-20(23-15)16-8-3-2-4-9-16)21(25)24-13-6-5-11-18(24)17-10-7-12-22-14-17/h2-4,7-10,12,14,18H,5-6,11,13H2,1H3/t18-/m0/s1. The average Bonchev–Trinajstić information content (AvgIpc) is 3.10. The number of thiazole rings is 1. The van der Waals surface area contributed by atoms with Crippen molar-refractivity contribution in [3.05, 3.63) is 71.0 Å². The van der Waals surface area contributed by atoms with E-state index in [1.54, 1.807) is 6.20 Å². The van der Waals surface area contributed by atoms with Gasteiger partial charge in [-0.05, 0) is 37.8 Å². The van der Waals surface area contributed by atoms with Crippen LogP contribution in [0.5, 0.6) is 0 Å². The molecule has 3 aromatic rings. The van der Waals surface area contributed by atoms with Crippen LogP contribution in [0.4, 0.5) is 0 Å². The van der Waals surface area contributed by atoms with Gasteiger partial charge in [-0.2, -0.15) is 0 Å². The number of likely N-dealkylation sites (tertiary alicyclic amines) is 1. The molecule has 5 heteroatoms. The number of rotatable bonds is 3. The lowest BCUT2D eigenvalue weighted by atomic mass is 9.96. The fourth-order valence-corrected chi connectivity index (χ4v) is 4.55. The summed E-state index contributed by atoms with van der Waals surface area (Å²) < 4.78 is 0. The fraction of sp³-hybridized carbons (Fsp3) is 0.286. The Kier molecular flexibility index (Phi) is 4.80. The zero-order chi connectivity index (χ0) is 17.9. The van der Waals surface area contributed by atoms with Crippen LogP contribution in [0.3, 0.4) is 0 Å². The Hall–Kier alpha value is -2.53. The van der Waals surface area contributed by atoms with Crippen LogP contribution in [-0.4, -0.2) is 27.3 Å². The van der Waals surface area contributed by atoms with Crippen molar-refractivity contribution in [1.82, 2.24) is 14.9 Å². The summed E-state index contributed by atoms with van der Waals surface area (Å²) in [5.74, 6) is 0.0933. The van der Waals surface area contributed by atoms with E-state index in [-0.39, 0.29) is 11.9 Å². The van der Waals surface area contributed by atoms with Crippen molar-refractivity contribution in [2.45, 2.75) is 32.2 Å². The molecule has 0 spiro atoms. The molecule has 1 aliphatic rings. The molecule has 1 amide bonds. The third kappa shape index (κ3) is 3.27. The lowest BCUT2D eigenvalue weighted by molar-refractivity contribution is 0.0615. The minimum absolute atomic E-state index is 0.0933. The third-order valence-electron chi connectivity index (χ3n) is 4.84. The Bertz CT molecular complexity index is 892. The largest absolute Gasteiger partial charge is 0.331 e. The van der Waals surface area contributed by atoms with E-state index in [1.807, 2.05) is 54.4 Å². The van der Waals surface area contributed by atoms with Crippen molar-refractivity contribution in [2.24, 2.45) is 0 Å². The number of benzene rings is 1. The smallest absolute Gasteiger partial charge is 0.266 e. The van der Waals surface area contributed by atoms with Gasteiger partial charge in [0.25, 0.3) is 5.91 Å². The summed E-state index contributed by atoms with van der Waals surface area (Å²) in [4.78, 5) is 25.0. The molecule has 0 radical (unpaired) electrons. The number of nitrogens with zero attached hydrogens (tertiary/aromatic N) is 3. The van der Waals surface area contributed by atoms with Crippen LogP contribution in [0.15, 0.2) is 54.9 Å². The topological polar surface area (TPSA) is 46.1 Å². The molecule has 1 aliphatic heterocycles. The van der Waals surface area contributed by atoms with Gasteiger partial charge in [-0.25, -0.2) is 4.98 Å². The number of hydrogen-bond acceptors (Lipinski definition) is 4. The number of amides is 1. The molecular weight excluding hydrogens is 342 g/mol. The zero-order valence-corrected chi connectivity index (χ0v) is 15.6. The molecule has 0 aliphatic carbocycles. The number of pyridine rings is 1. The number of hydrogen-bond donors (Lipinski definition) is 0. The van der Waals surface area contributed by atoms with E-state index in [4.69, 9.17) is 0 Å². The van der Waals surface area contributed by atoms with Gasteiger partial charge in [0.1, 0.15) is 9.88 Å². The molecule has 1 saturated heterocycles. The summed E-state index contributed by atoms with van der Waals surface area (Å²) in [5, 5.41) is 0.904. The Morgan fingerprint density at radius 2 is 2.00 bits per heavy atom. The second-order valence-electron chi connectivity index (χ2n) is 6.60. The first kappa shape index (κ1) is 16.9. The quantitative estimate of drug-likeness (QED) is 0.666. The number of carbonyl (C=O) groups is 1. The Balaban J connectivity index is 1.65. The Labute approximate surface area is 157 Å². The monoisotopic (exact) mass is 363 g/mol. The summed E-state index contributed by atoms with van der Waals surface area (Å²) in [6.07, 6.45) is 6.83. The number of piperidine rings is 1. The third-order valence-corrected chi connectivity index (χ3v) is 6.04. The van der Waals surface area contributed by atoms with E-state index in [1.165, 1.54) is 11.3 Å². The molecule has 1 atom stereocenters. The lowest BCUT2D eigenvalue weighted by Crippen LogP contribution is -2.38. The molecule has 2 aromatic heterocycles. The van der Waals surface area contributed by atoms with Gasteiger partial charge in [0.2, 0.25) is 0 Å². The molecule has 0 saturated carbocycles. The van der Waals surface area contributed by atoms with Crippen molar-refractivity contribution in [1.29, 1.82) is 0 Å². The van der Waals surface area contributed by atoms with E-state index in [0.29, 0.717) is 0 Å². The average molecular weight is 363 g/mol. The summed E-state index contributed by atoms with van der Waals surface area (Å²) in [7, 11) is 0. The highest BCUT2D eigenvalue weighted by molar-refractivity contribution is 7.17. The second kappa shape index (κ2) is 7.38. The summed E-state index contributed by atoms with van der Waals surface area (Å²) >= 11 is 1.49. The van der Waals surface area contributed by atoms with Gasteiger partial charge >= 0.3 is 0 Å². The molecule has 1 aromatic carbocycles. The summed E-state index contributed by atoms with van der Waals surface area (Å²) in [5.41, 5.74) is 2.99. The van der Waals surface area contributed by atoms with E-state index in [2.05, 4.69) is 16.0 Å². The number of aryl methyl sites for hydroxylation is 1. The first-order chi connectivity index (χ1) is 12.7. The minimum atomic E-state index is 0.0933. The van der Waals surface area contributed by atoms with Gasteiger partial charge in [-0.15, -0.1) is 11.3 Å². The van der Waals surface area contributed by atoms with Crippen molar-refractivity contribution >= 4 is 17.2 Å². The highest BCUT2D eigenvalue weighted by Gasteiger charge is 2.31. The molecule has 0 unspecified atom stereocenters. The SMILES string of the molecule is Cc1nc(-c2ccccc2)sc1C(=O)N1CCCC[C@H]1c1cccnc1.